The molecule has 5 rings (SSSR count). The molecule has 5 aromatic rings. The van der Waals surface area contributed by atoms with Crippen LogP contribution in [0.2, 0.25) is 0 Å². The van der Waals surface area contributed by atoms with Crippen molar-refractivity contribution in [3.05, 3.63) is 84.4 Å². The maximum atomic E-state index is 6.22. The van der Waals surface area contributed by atoms with Crippen molar-refractivity contribution in [1.29, 1.82) is 0 Å². The number of furan rings is 1. The lowest BCUT2D eigenvalue weighted by Gasteiger charge is -2.08. The molecule has 0 bridgehead atoms. The van der Waals surface area contributed by atoms with E-state index < -0.39 is 0 Å². The molecule has 0 aliphatic carbocycles. The summed E-state index contributed by atoms with van der Waals surface area (Å²) in [6.07, 6.45) is 0. The SMILES string of the molecule is CC(C)c1ccc2c(c1)oc1cccc(-c3cccc4ccccc34)c12. The van der Waals surface area contributed by atoms with Crippen LogP contribution >= 0.6 is 0 Å². The van der Waals surface area contributed by atoms with Crippen LogP contribution in [0, 0.1) is 0 Å². The van der Waals surface area contributed by atoms with Crippen molar-refractivity contribution in [1.82, 2.24) is 0 Å². The summed E-state index contributed by atoms with van der Waals surface area (Å²) in [6.45, 7) is 4.43. The largest absolute Gasteiger partial charge is 0.456 e. The average molecular weight is 336 g/mol. The van der Waals surface area contributed by atoms with Gasteiger partial charge in [-0.1, -0.05) is 80.6 Å². The summed E-state index contributed by atoms with van der Waals surface area (Å²) in [6, 6.07) is 28.1. The zero-order valence-electron chi connectivity index (χ0n) is 15.0. The zero-order valence-corrected chi connectivity index (χ0v) is 15.0. The average Bonchev–Trinajstić information content (AvgIpc) is 3.05. The highest BCUT2D eigenvalue weighted by molar-refractivity contribution is 6.15. The van der Waals surface area contributed by atoms with Gasteiger partial charge in [0.25, 0.3) is 0 Å². The van der Waals surface area contributed by atoms with Gasteiger partial charge in [-0.25, -0.2) is 0 Å². The predicted molar refractivity (Wildman–Crippen MR) is 111 cm³/mol. The fourth-order valence-electron chi connectivity index (χ4n) is 3.89. The quantitative estimate of drug-likeness (QED) is 0.325. The first-order chi connectivity index (χ1) is 12.7. The second kappa shape index (κ2) is 5.74. The van der Waals surface area contributed by atoms with Crippen LogP contribution in [0.3, 0.4) is 0 Å². The minimum absolute atomic E-state index is 0.491. The Labute approximate surface area is 152 Å². The molecule has 0 radical (unpaired) electrons. The topological polar surface area (TPSA) is 13.1 Å². The first-order valence-corrected chi connectivity index (χ1v) is 9.16. The minimum Gasteiger partial charge on any atom is -0.456 e. The standard InChI is InChI=1S/C25H20O/c1-16(2)18-13-14-22-24(15-18)26-23-12-6-11-21(25(22)23)20-10-5-8-17-7-3-4-9-19(17)20/h3-16H,1-2H3. The summed E-state index contributed by atoms with van der Waals surface area (Å²) in [5.74, 6) is 0.491. The van der Waals surface area contributed by atoms with E-state index in [0.717, 1.165) is 11.2 Å². The van der Waals surface area contributed by atoms with E-state index in [2.05, 4.69) is 92.7 Å². The highest BCUT2D eigenvalue weighted by atomic mass is 16.3. The molecular weight excluding hydrogens is 316 g/mol. The summed E-state index contributed by atoms with van der Waals surface area (Å²) in [7, 11) is 0. The monoisotopic (exact) mass is 336 g/mol. The third-order valence-corrected chi connectivity index (χ3v) is 5.27. The van der Waals surface area contributed by atoms with Gasteiger partial charge in [-0.05, 0) is 45.5 Å². The van der Waals surface area contributed by atoms with Crippen molar-refractivity contribution >= 4 is 32.7 Å². The van der Waals surface area contributed by atoms with Crippen LogP contribution in [-0.2, 0) is 0 Å². The van der Waals surface area contributed by atoms with Gasteiger partial charge in [0.2, 0.25) is 0 Å². The van der Waals surface area contributed by atoms with Crippen molar-refractivity contribution in [2.75, 3.05) is 0 Å². The lowest BCUT2D eigenvalue weighted by molar-refractivity contribution is 0.667. The highest BCUT2D eigenvalue weighted by Gasteiger charge is 2.14. The van der Waals surface area contributed by atoms with E-state index >= 15 is 0 Å². The lowest BCUT2D eigenvalue weighted by Crippen LogP contribution is -1.85. The Balaban J connectivity index is 1.87. The predicted octanol–water partition coefficient (Wildman–Crippen LogP) is 7.53. The number of fused-ring (bicyclic) bond motifs is 4. The molecule has 0 atom stereocenters. The summed E-state index contributed by atoms with van der Waals surface area (Å²) < 4.78 is 6.22. The van der Waals surface area contributed by atoms with Crippen LogP contribution in [0.1, 0.15) is 25.3 Å². The van der Waals surface area contributed by atoms with E-state index in [9.17, 15) is 0 Å². The van der Waals surface area contributed by atoms with Gasteiger partial charge in [0, 0.05) is 10.8 Å². The molecule has 0 aliphatic heterocycles. The molecule has 0 saturated heterocycles. The van der Waals surface area contributed by atoms with E-state index in [-0.39, 0.29) is 0 Å². The number of hydrogen-bond acceptors (Lipinski definition) is 1. The molecule has 1 heteroatoms. The van der Waals surface area contributed by atoms with E-state index in [0.29, 0.717) is 5.92 Å². The van der Waals surface area contributed by atoms with E-state index in [1.807, 2.05) is 0 Å². The molecule has 0 unspecified atom stereocenters. The Morgan fingerprint density at radius 1 is 0.654 bits per heavy atom. The molecular formula is C25H20O. The molecule has 0 saturated carbocycles. The van der Waals surface area contributed by atoms with Gasteiger partial charge in [-0.15, -0.1) is 0 Å². The van der Waals surface area contributed by atoms with Crippen molar-refractivity contribution in [2.45, 2.75) is 19.8 Å². The highest BCUT2D eigenvalue weighted by Crippen LogP contribution is 2.39. The van der Waals surface area contributed by atoms with Crippen LogP contribution in [0.25, 0.3) is 43.8 Å². The Bertz CT molecular complexity index is 1250. The number of hydrogen-bond donors (Lipinski definition) is 0. The molecule has 0 spiro atoms. The maximum Gasteiger partial charge on any atom is 0.136 e. The van der Waals surface area contributed by atoms with Gasteiger partial charge < -0.3 is 4.42 Å². The van der Waals surface area contributed by atoms with Crippen LogP contribution in [0.15, 0.2) is 83.3 Å². The molecule has 0 amide bonds. The molecule has 0 N–H and O–H groups in total. The summed E-state index contributed by atoms with van der Waals surface area (Å²) in [4.78, 5) is 0. The van der Waals surface area contributed by atoms with Crippen molar-refractivity contribution in [2.24, 2.45) is 0 Å². The fourth-order valence-corrected chi connectivity index (χ4v) is 3.89. The second-order valence-electron chi connectivity index (χ2n) is 7.22. The van der Waals surface area contributed by atoms with Crippen LogP contribution in [0.4, 0.5) is 0 Å². The van der Waals surface area contributed by atoms with Crippen LogP contribution in [0.5, 0.6) is 0 Å². The van der Waals surface area contributed by atoms with Gasteiger partial charge in [-0.2, -0.15) is 0 Å². The second-order valence-corrected chi connectivity index (χ2v) is 7.22. The van der Waals surface area contributed by atoms with Gasteiger partial charge >= 0.3 is 0 Å². The minimum atomic E-state index is 0.491. The van der Waals surface area contributed by atoms with Crippen molar-refractivity contribution in [3.63, 3.8) is 0 Å². The molecule has 0 aliphatic rings. The molecule has 126 valence electrons. The molecule has 4 aromatic carbocycles. The molecule has 26 heavy (non-hydrogen) atoms. The first kappa shape index (κ1) is 15.2. The van der Waals surface area contributed by atoms with Crippen molar-refractivity contribution < 1.29 is 4.42 Å². The summed E-state index contributed by atoms with van der Waals surface area (Å²) in [5, 5.41) is 4.93. The maximum absolute atomic E-state index is 6.22. The van der Waals surface area contributed by atoms with Gasteiger partial charge in [0.15, 0.2) is 0 Å². The van der Waals surface area contributed by atoms with Crippen LogP contribution in [-0.4, -0.2) is 0 Å². The Hall–Kier alpha value is -3.06. The van der Waals surface area contributed by atoms with E-state index in [1.54, 1.807) is 0 Å². The molecule has 1 aromatic heterocycles. The molecule has 1 heterocycles. The fraction of sp³-hybridized carbons (Fsp3) is 0.120. The Morgan fingerprint density at radius 3 is 2.31 bits per heavy atom. The van der Waals surface area contributed by atoms with E-state index in [1.165, 1.54) is 38.2 Å². The van der Waals surface area contributed by atoms with Gasteiger partial charge in [0.05, 0.1) is 0 Å². The number of rotatable bonds is 2. The normalized spacial score (nSPS) is 11.8. The first-order valence-electron chi connectivity index (χ1n) is 9.16. The molecule has 1 nitrogen and oxygen atoms in total. The van der Waals surface area contributed by atoms with Gasteiger partial charge in [0.1, 0.15) is 11.2 Å². The lowest BCUT2D eigenvalue weighted by atomic mass is 9.94. The van der Waals surface area contributed by atoms with Crippen molar-refractivity contribution in [3.8, 4) is 11.1 Å². The zero-order chi connectivity index (χ0) is 17.7. The number of benzene rings is 4. The third kappa shape index (κ3) is 2.24. The van der Waals surface area contributed by atoms with E-state index in [4.69, 9.17) is 4.42 Å². The van der Waals surface area contributed by atoms with Crippen LogP contribution < -0.4 is 0 Å². The Morgan fingerprint density at radius 2 is 1.42 bits per heavy atom. The Kier molecular flexibility index (Phi) is 3.36. The van der Waals surface area contributed by atoms with Gasteiger partial charge in [-0.3, -0.25) is 0 Å². The summed E-state index contributed by atoms with van der Waals surface area (Å²) >= 11 is 0. The summed E-state index contributed by atoms with van der Waals surface area (Å²) in [5.41, 5.74) is 5.72. The molecule has 0 fully saturated rings. The third-order valence-electron chi connectivity index (χ3n) is 5.27. The smallest absolute Gasteiger partial charge is 0.136 e.